The largest absolute Gasteiger partial charge is 0.486 e. The minimum Gasteiger partial charge on any atom is -0.486 e. The first kappa shape index (κ1) is 19.9. The number of hydrogen-bond donors (Lipinski definition) is 0. The van der Waals surface area contributed by atoms with Crippen LogP contribution in [0, 0.1) is 26.6 Å². The number of hydrogen-bond acceptors (Lipinski definition) is 1. The summed E-state index contributed by atoms with van der Waals surface area (Å²) in [6.45, 7) is 10.6. The van der Waals surface area contributed by atoms with Crippen LogP contribution in [0.25, 0.3) is 22.3 Å². The topological polar surface area (TPSA) is 9.23 Å². The van der Waals surface area contributed by atoms with Gasteiger partial charge in [0.25, 0.3) is 0 Å². The highest BCUT2D eigenvalue weighted by Crippen LogP contribution is 2.33. The Morgan fingerprint density at radius 2 is 1.39 bits per heavy atom. The molecule has 0 fully saturated rings. The molecule has 0 spiro atoms. The predicted molar refractivity (Wildman–Crippen MR) is 116 cm³/mol. The molecule has 0 radical (unpaired) electrons. The summed E-state index contributed by atoms with van der Waals surface area (Å²) in [5, 5.41) is 0. The van der Waals surface area contributed by atoms with Crippen molar-refractivity contribution in [1.29, 1.82) is 0 Å². The van der Waals surface area contributed by atoms with Crippen LogP contribution in [0.3, 0.4) is 0 Å². The summed E-state index contributed by atoms with van der Waals surface area (Å²) in [4.78, 5) is 0. The van der Waals surface area contributed by atoms with E-state index in [1.54, 1.807) is 12.1 Å². The van der Waals surface area contributed by atoms with Crippen LogP contribution in [-0.4, -0.2) is 6.61 Å². The average molecular weight is 374 g/mol. The van der Waals surface area contributed by atoms with E-state index in [9.17, 15) is 4.39 Å². The van der Waals surface area contributed by atoms with E-state index in [1.807, 2.05) is 26.0 Å². The standard InChI is InChI=1S/C26H27FO/c1-17(2)12-13-28-26-11-10-22(16-25(26)27)24-15-19(4)23(14-20(24)5)21-8-6-18(3)7-9-21/h6-12,14-16H,13H2,1-5H3. The second kappa shape index (κ2) is 8.43. The fourth-order valence-corrected chi connectivity index (χ4v) is 3.25. The van der Waals surface area contributed by atoms with E-state index in [1.165, 1.54) is 22.3 Å². The van der Waals surface area contributed by atoms with Crippen LogP contribution in [0.4, 0.5) is 4.39 Å². The fourth-order valence-electron chi connectivity index (χ4n) is 3.25. The van der Waals surface area contributed by atoms with Gasteiger partial charge in [-0.25, -0.2) is 4.39 Å². The molecular weight excluding hydrogens is 347 g/mol. The summed E-state index contributed by atoms with van der Waals surface area (Å²) in [5.74, 6) is -0.0498. The minimum absolute atomic E-state index is 0.284. The lowest BCUT2D eigenvalue weighted by Crippen LogP contribution is -1.97. The van der Waals surface area contributed by atoms with Gasteiger partial charge in [-0.3, -0.25) is 0 Å². The lowest BCUT2D eigenvalue weighted by atomic mass is 9.91. The van der Waals surface area contributed by atoms with Crippen molar-refractivity contribution in [3.05, 3.63) is 88.8 Å². The Kier molecular flexibility index (Phi) is 5.99. The molecule has 2 heteroatoms. The average Bonchev–Trinajstić information content (AvgIpc) is 2.65. The Labute approximate surface area is 167 Å². The SMILES string of the molecule is CC(C)=CCOc1ccc(-c2cc(C)c(-c3ccc(C)cc3)cc2C)cc1F. The van der Waals surface area contributed by atoms with Crippen LogP contribution in [0.1, 0.15) is 30.5 Å². The smallest absolute Gasteiger partial charge is 0.165 e. The van der Waals surface area contributed by atoms with E-state index in [0.717, 1.165) is 22.3 Å². The van der Waals surface area contributed by atoms with Crippen molar-refractivity contribution in [2.75, 3.05) is 6.61 Å². The van der Waals surface area contributed by atoms with Gasteiger partial charge in [0.05, 0.1) is 0 Å². The first-order valence-corrected chi connectivity index (χ1v) is 9.59. The summed E-state index contributed by atoms with van der Waals surface area (Å²) >= 11 is 0. The summed E-state index contributed by atoms with van der Waals surface area (Å²) in [6.07, 6.45) is 1.94. The summed E-state index contributed by atoms with van der Waals surface area (Å²) in [7, 11) is 0. The van der Waals surface area contributed by atoms with Gasteiger partial charge < -0.3 is 4.74 Å². The number of aryl methyl sites for hydroxylation is 3. The van der Waals surface area contributed by atoms with Gasteiger partial charge in [-0.2, -0.15) is 0 Å². The zero-order chi connectivity index (χ0) is 20.3. The van der Waals surface area contributed by atoms with Gasteiger partial charge in [0, 0.05) is 0 Å². The van der Waals surface area contributed by atoms with Crippen molar-refractivity contribution in [1.82, 2.24) is 0 Å². The molecule has 1 nitrogen and oxygen atoms in total. The lowest BCUT2D eigenvalue weighted by molar-refractivity contribution is 0.341. The van der Waals surface area contributed by atoms with Crippen molar-refractivity contribution < 1.29 is 9.13 Å². The van der Waals surface area contributed by atoms with Gasteiger partial charge in [-0.05, 0) is 86.2 Å². The molecule has 0 aliphatic rings. The third-order valence-electron chi connectivity index (χ3n) is 4.91. The summed E-state index contributed by atoms with van der Waals surface area (Å²) in [5.41, 5.74) is 9.02. The highest BCUT2D eigenvalue weighted by Gasteiger charge is 2.11. The second-order valence-corrected chi connectivity index (χ2v) is 7.59. The third-order valence-corrected chi connectivity index (χ3v) is 4.91. The van der Waals surface area contributed by atoms with Crippen LogP contribution >= 0.6 is 0 Å². The molecule has 0 saturated heterocycles. The molecule has 0 bridgehead atoms. The van der Waals surface area contributed by atoms with E-state index in [-0.39, 0.29) is 11.6 Å². The van der Waals surface area contributed by atoms with E-state index in [0.29, 0.717) is 6.61 Å². The number of ether oxygens (including phenoxy) is 1. The van der Waals surface area contributed by atoms with E-state index in [4.69, 9.17) is 4.74 Å². The van der Waals surface area contributed by atoms with Crippen LogP contribution in [0.15, 0.2) is 66.2 Å². The quantitative estimate of drug-likeness (QED) is 0.422. The fraction of sp³-hybridized carbons (Fsp3) is 0.231. The molecule has 0 aliphatic heterocycles. The molecule has 0 aromatic heterocycles. The molecule has 0 heterocycles. The molecule has 3 aromatic rings. The zero-order valence-electron chi connectivity index (χ0n) is 17.3. The maximum absolute atomic E-state index is 14.5. The monoisotopic (exact) mass is 374 g/mol. The molecule has 0 saturated carbocycles. The third kappa shape index (κ3) is 4.51. The van der Waals surface area contributed by atoms with Gasteiger partial charge in [0.2, 0.25) is 0 Å². The van der Waals surface area contributed by atoms with Crippen LogP contribution in [-0.2, 0) is 0 Å². The van der Waals surface area contributed by atoms with Crippen molar-refractivity contribution in [3.63, 3.8) is 0 Å². The van der Waals surface area contributed by atoms with E-state index in [2.05, 4.69) is 57.2 Å². The van der Waals surface area contributed by atoms with Crippen molar-refractivity contribution in [3.8, 4) is 28.0 Å². The van der Waals surface area contributed by atoms with Gasteiger partial charge in [-0.1, -0.05) is 53.6 Å². The van der Waals surface area contributed by atoms with Gasteiger partial charge in [0.1, 0.15) is 6.61 Å². The number of halogens is 1. The van der Waals surface area contributed by atoms with Gasteiger partial charge in [-0.15, -0.1) is 0 Å². The Bertz CT molecular complexity index is 1010. The summed E-state index contributed by atoms with van der Waals surface area (Å²) in [6, 6.07) is 18.1. The zero-order valence-corrected chi connectivity index (χ0v) is 17.3. The van der Waals surface area contributed by atoms with Crippen molar-refractivity contribution in [2.45, 2.75) is 34.6 Å². The molecule has 0 atom stereocenters. The Hall–Kier alpha value is -2.87. The highest BCUT2D eigenvalue weighted by atomic mass is 19.1. The molecule has 3 aromatic carbocycles. The molecule has 0 aliphatic carbocycles. The molecule has 0 N–H and O–H groups in total. The molecule has 144 valence electrons. The maximum Gasteiger partial charge on any atom is 0.165 e. The summed E-state index contributed by atoms with van der Waals surface area (Å²) < 4.78 is 20.1. The molecular formula is C26H27FO. The van der Waals surface area contributed by atoms with Crippen LogP contribution in [0.2, 0.25) is 0 Å². The predicted octanol–water partition coefficient (Wildman–Crippen LogP) is 7.43. The first-order chi connectivity index (χ1) is 13.3. The van der Waals surface area contributed by atoms with E-state index >= 15 is 0 Å². The second-order valence-electron chi connectivity index (χ2n) is 7.59. The highest BCUT2D eigenvalue weighted by molar-refractivity contribution is 5.76. The van der Waals surface area contributed by atoms with Crippen molar-refractivity contribution >= 4 is 0 Å². The van der Waals surface area contributed by atoms with Gasteiger partial charge >= 0.3 is 0 Å². The Morgan fingerprint density at radius 3 is 1.96 bits per heavy atom. The number of allylic oxidation sites excluding steroid dienone is 1. The number of benzene rings is 3. The minimum atomic E-state index is -0.334. The Morgan fingerprint density at radius 1 is 0.821 bits per heavy atom. The first-order valence-electron chi connectivity index (χ1n) is 9.59. The lowest BCUT2D eigenvalue weighted by Gasteiger charge is -2.14. The molecule has 3 rings (SSSR count). The van der Waals surface area contributed by atoms with Crippen LogP contribution < -0.4 is 4.74 Å². The normalized spacial score (nSPS) is 10.6. The molecule has 0 unspecified atom stereocenters. The van der Waals surface area contributed by atoms with Crippen molar-refractivity contribution in [2.24, 2.45) is 0 Å². The molecule has 28 heavy (non-hydrogen) atoms. The Balaban J connectivity index is 1.91. The van der Waals surface area contributed by atoms with E-state index < -0.39 is 0 Å². The number of rotatable bonds is 5. The molecule has 0 amide bonds. The maximum atomic E-state index is 14.5. The van der Waals surface area contributed by atoms with Crippen LogP contribution in [0.5, 0.6) is 5.75 Å². The van der Waals surface area contributed by atoms with Gasteiger partial charge in [0.15, 0.2) is 11.6 Å².